The van der Waals surface area contributed by atoms with E-state index in [1.807, 2.05) is 24.3 Å². The van der Waals surface area contributed by atoms with E-state index in [-0.39, 0.29) is 23.2 Å². The van der Waals surface area contributed by atoms with Crippen LogP contribution >= 0.6 is 11.6 Å². The number of rotatable bonds is 6. The quantitative estimate of drug-likeness (QED) is 0.283. The number of aliphatic carboxylic acids is 1. The van der Waals surface area contributed by atoms with E-state index < -0.39 is 5.97 Å². The highest BCUT2D eigenvalue weighted by molar-refractivity contribution is 6.17. The van der Waals surface area contributed by atoms with Crippen LogP contribution in [0.4, 0.5) is 0 Å². The summed E-state index contributed by atoms with van der Waals surface area (Å²) in [5, 5.41) is 9.90. The van der Waals surface area contributed by atoms with Crippen LogP contribution in [0.2, 0.25) is 0 Å². The monoisotopic (exact) mass is 480 g/mol. The fourth-order valence-electron chi connectivity index (χ4n) is 7.68. The maximum absolute atomic E-state index is 12.5. The van der Waals surface area contributed by atoms with Gasteiger partial charge in [0, 0.05) is 5.88 Å². The Morgan fingerprint density at radius 1 is 1.12 bits per heavy atom. The molecule has 0 radical (unpaired) electrons. The van der Waals surface area contributed by atoms with Crippen LogP contribution in [-0.4, -0.2) is 22.9 Å². The zero-order valence-electron chi connectivity index (χ0n) is 19.7. The molecule has 0 heterocycles. The minimum absolute atomic E-state index is 0.0823. The molecule has 0 bridgehead atoms. The molecule has 2 saturated carbocycles. The van der Waals surface area contributed by atoms with Crippen molar-refractivity contribution in [3.63, 3.8) is 0 Å². The fourth-order valence-corrected chi connectivity index (χ4v) is 7.91. The Kier molecular flexibility index (Phi) is 6.45. The summed E-state index contributed by atoms with van der Waals surface area (Å²) in [4.78, 5) is 24.5. The Balaban J connectivity index is 1.34. The number of carbonyl (C=O) groups is 2. The molecule has 4 nitrogen and oxygen atoms in total. The third-order valence-corrected chi connectivity index (χ3v) is 9.43. The molecule has 0 aliphatic heterocycles. The summed E-state index contributed by atoms with van der Waals surface area (Å²) in [6.45, 7) is 2.36. The third-order valence-electron chi connectivity index (χ3n) is 9.21. The van der Waals surface area contributed by atoms with Gasteiger partial charge in [0.1, 0.15) is 5.75 Å². The minimum atomic E-state index is -0.679. The first kappa shape index (κ1) is 23.4. The zero-order chi connectivity index (χ0) is 23.9. The van der Waals surface area contributed by atoms with Gasteiger partial charge in [-0.15, -0.1) is 11.6 Å². The number of benzene rings is 2. The van der Waals surface area contributed by atoms with Crippen molar-refractivity contribution in [2.75, 3.05) is 5.88 Å². The normalized spacial score (nSPS) is 30.5. The highest BCUT2D eigenvalue weighted by atomic mass is 35.5. The number of carbonyl (C=O) groups excluding carboxylic acids is 1. The van der Waals surface area contributed by atoms with Crippen LogP contribution in [0.25, 0.3) is 0 Å². The molecule has 34 heavy (non-hydrogen) atoms. The van der Waals surface area contributed by atoms with Crippen molar-refractivity contribution in [3.8, 4) is 5.75 Å². The Hall–Kier alpha value is -2.33. The standard InChI is InChI=1S/C29H33ClO4/c1-29-15-13-22-21-10-8-20(34-28(33)18-5-3-2-4-6-18)17-19(21)7-9-23(22)25(29)11-12-26(29)24(14-16-30)27(31)32/h2-6,8,10,17,22-26H,7,9,11-16H2,1H3,(H,31,32)/t22-,23-,24?,25+,26-,29+/m1/s1. The first-order chi connectivity index (χ1) is 16.4. The van der Waals surface area contributed by atoms with Crippen LogP contribution in [0.1, 0.15) is 72.9 Å². The van der Waals surface area contributed by atoms with E-state index in [9.17, 15) is 14.7 Å². The predicted octanol–water partition coefficient (Wildman–Crippen LogP) is 6.71. The number of carboxylic acid groups (broad SMARTS) is 1. The first-order valence-electron chi connectivity index (χ1n) is 12.6. The SMILES string of the molecule is C[C@]12CC[C@@H]3c4ccc(OC(=O)c5ccccc5)cc4CC[C@H]3[C@@H]1CC[C@@H]2C(CCCl)C(=O)O. The van der Waals surface area contributed by atoms with E-state index in [1.54, 1.807) is 12.1 Å². The second kappa shape index (κ2) is 9.37. The number of alkyl halides is 1. The van der Waals surface area contributed by atoms with Crippen molar-refractivity contribution in [2.24, 2.45) is 29.1 Å². The average Bonchev–Trinajstić information content (AvgIpc) is 3.19. The average molecular weight is 481 g/mol. The van der Waals surface area contributed by atoms with Crippen LogP contribution in [-0.2, 0) is 11.2 Å². The van der Waals surface area contributed by atoms with Crippen molar-refractivity contribution in [3.05, 3.63) is 65.2 Å². The molecule has 1 N–H and O–H groups in total. The van der Waals surface area contributed by atoms with E-state index in [2.05, 4.69) is 19.1 Å². The molecule has 0 amide bonds. The van der Waals surface area contributed by atoms with Crippen LogP contribution < -0.4 is 4.74 Å². The van der Waals surface area contributed by atoms with Gasteiger partial charge in [-0.2, -0.15) is 0 Å². The molecular weight excluding hydrogens is 448 g/mol. The molecule has 2 aromatic carbocycles. The predicted molar refractivity (Wildman–Crippen MR) is 132 cm³/mol. The second-order valence-electron chi connectivity index (χ2n) is 10.7. The molecule has 0 saturated heterocycles. The Morgan fingerprint density at radius 2 is 1.91 bits per heavy atom. The van der Waals surface area contributed by atoms with Gasteiger partial charge >= 0.3 is 11.9 Å². The molecule has 5 rings (SSSR count). The number of hydrogen-bond acceptors (Lipinski definition) is 3. The lowest BCUT2D eigenvalue weighted by Crippen LogP contribution is -2.45. The van der Waals surface area contributed by atoms with Gasteiger partial charge in [0.15, 0.2) is 0 Å². The van der Waals surface area contributed by atoms with Crippen molar-refractivity contribution in [1.29, 1.82) is 0 Å². The lowest BCUT2D eigenvalue weighted by atomic mass is 9.53. The summed E-state index contributed by atoms with van der Waals surface area (Å²) in [5.74, 6) is 1.57. The van der Waals surface area contributed by atoms with Gasteiger partial charge < -0.3 is 9.84 Å². The smallest absolute Gasteiger partial charge is 0.343 e. The molecular formula is C29H33ClO4. The van der Waals surface area contributed by atoms with Crippen molar-refractivity contribution in [2.45, 2.75) is 57.8 Å². The number of hydrogen-bond donors (Lipinski definition) is 1. The lowest BCUT2D eigenvalue weighted by molar-refractivity contribution is -0.146. The summed E-state index contributed by atoms with van der Waals surface area (Å²) in [7, 11) is 0. The van der Waals surface area contributed by atoms with Gasteiger partial charge in [-0.3, -0.25) is 4.79 Å². The van der Waals surface area contributed by atoms with E-state index in [4.69, 9.17) is 16.3 Å². The highest BCUT2D eigenvalue weighted by Crippen LogP contribution is 2.64. The number of carboxylic acids is 1. The topological polar surface area (TPSA) is 63.6 Å². The van der Waals surface area contributed by atoms with E-state index in [0.29, 0.717) is 41.4 Å². The van der Waals surface area contributed by atoms with Gasteiger partial charge in [0.25, 0.3) is 0 Å². The number of halogens is 1. The van der Waals surface area contributed by atoms with E-state index in [0.717, 1.165) is 38.5 Å². The summed E-state index contributed by atoms with van der Waals surface area (Å²) < 4.78 is 5.67. The lowest BCUT2D eigenvalue weighted by Gasteiger charge is -2.51. The molecule has 1 unspecified atom stereocenters. The summed E-state index contributed by atoms with van der Waals surface area (Å²) in [5.41, 5.74) is 3.33. The summed E-state index contributed by atoms with van der Waals surface area (Å²) in [6.07, 6.45) is 6.95. The third kappa shape index (κ3) is 4.04. The van der Waals surface area contributed by atoms with Gasteiger partial charge in [-0.05, 0) is 109 Å². The van der Waals surface area contributed by atoms with Crippen molar-refractivity contribution < 1.29 is 19.4 Å². The van der Waals surface area contributed by atoms with Crippen LogP contribution in [0.5, 0.6) is 5.75 Å². The Labute approximate surface area is 206 Å². The maximum Gasteiger partial charge on any atom is 0.343 e. The van der Waals surface area contributed by atoms with Gasteiger partial charge in [0.05, 0.1) is 11.5 Å². The molecule has 180 valence electrons. The number of fused-ring (bicyclic) bond motifs is 5. The molecule has 6 atom stereocenters. The number of esters is 1. The minimum Gasteiger partial charge on any atom is -0.481 e. The largest absolute Gasteiger partial charge is 0.481 e. The molecule has 0 spiro atoms. The van der Waals surface area contributed by atoms with Crippen molar-refractivity contribution >= 4 is 23.5 Å². The second-order valence-corrected chi connectivity index (χ2v) is 11.1. The van der Waals surface area contributed by atoms with E-state index >= 15 is 0 Å². The Morgan fingerprint density at radius 3 is 2.65 bits per heavy atom. The fraction of sp³-hybridized carbons (Fsp3) is 0.517. The summed E-state index contributed by atoms with van der Waals surface area (Å²) >= 11 is 5.99. The molecule has 2 fully saturated rings. The molecule has 3 aliphatic carbocycles. The molecule has 3 aliphatic rings. The zero-order valence-corrected chi connectivity index (χ0v) is 20.5. The van der Waals surface area contributed by atoms with Crippen LogP contribution in [0.15, 0.2) is 48.5 Å². The summed E-state index contributed by atoms with van der Waals surface area (Å²) in [6, 6.07) is 15.2. The van der Waals surface area contributed by atoms with E-state index in [1.165, 1.54) is 11.1 Å². The van der Waals surface area contributed by atoms with Crippen LogP contribution in [0, 0.1) is 29.1 Å². The maximum atomic E-state index is 12.5. The molecule has 0 aromatic heterocycles. The van der Waals surface area contributed by atoms with Gasteiger partial charge in [-0.25, -0.2) is 4.79 Å². The van der Waals surface area contributed by atoms with Crippen LogP contribution in [0.3, 0.4) is 0 Å². The van der Waals surface area contributed by atoms with Gasteiger partial charge in [0.2, 0.25) is 0 Å². The molecule has 2 aromatic rings. The first-order valence-corrected chi connectivity index (χ1v) is 13.1. The molecule has 5 heteroatoms. The Bertz CT molecular complexity index is 1070. The highest BCUT2D eigenvalue weighted by Gasteiger charge is 2.57. The van der Waals surface area contributed by atoms with Crippen molar-refractivity contribution in [1.82, 2.24) is 0 Å². The van der Waals surface area contributed by atoms with Gasteiger partial charge in [-0.1, -0.05) is 31.2 Å². The number of aryl methyl sites for hydroxylation is 1. The number of ether oxygens (including phenoxy) is 1.